The maximum Gasteiger partial charge on any atom is 0.338 e. The third-order valence-electron chi connectivity index (χ3n) is 6.40. The predicted molar refractivity (Wildman–Crippen MR) is 89.3 cm³/mol. The number of esters is 1. The summed E-state index contributed by atoms with van der Waals surface area (Å²) in [5, 5.41) is 0. The van der Waals surface area contributed by atoms with E-state index in [1.165, 1.54) is 31.3 Å². The largest absolute Gasteiger partial charge is 0.458 e. The van der Waals surface area contributed by atoms with Crippen molar-refractivity contribution in [3.05, 3.63) is 36.0 Å². The van der Waals surface area contributed by atoms with E-state index in [1.807, 2.05) is 12.2 Å². The molecule has 0 aromatic carbocycles. The van der Waals surface area contributed by atoms with Gasteiger partial charge in [0.2, 0.25) is 0 Å². The molecule has 3 rings (SSSR count). The van der Waals surface area contributed by atoms with Crippen molar-refractivity contribution >= 4 is 5.97 Å². The lowest BCUT2D eigenvalue weighted by atomic mass is 9.47. The van der Waals surface area contributed by atoms with Gasteiger partial charge in [0, 0.05) is 5.92 Å². The molecular weight excluding hydrogens is 272 g/mol. The smallest absolute Gasteiger partial charge is 0.338 e. The number of carbonyl (C=O) groups excluding carboxylic acids is 1. The lowest BCUT2D eigenvalue weighted by Gasteiger charge is -2.57. The van der Waals surface area contributed by atoms with Crippen LogP contribution in [0.15, 0.2) is 36.0 Å². The minimum atomic E-state index is -0.191. The van der Waals surface area contributed by atoms with Gasteiger partial charge in [0.25, 0.3) is 0 Å². The minimum absolute atomic E-state index is 0.191. The number of fused-ring (bicyclic) bond motifs is 1. The van der Waals surface area contributed by atoms with E-state index < -0.39 is 0 Å². The summed E-state index contributed by atoms with van der Waals surface area (Å²) < 4.78 is 4.99. The van der Waals surface area contributed by atoms with Crippen molar-refractivity contribution in [2.24, 2.45) is 22.7 Å². The summed E-state index contributed by atoms with van der Waals surface area (Å²) in [5.74, 6) is 0.918. The van der Waals surface area contributed by atoms with Crippen LogP contribution in [-0.4, -0.2) is 12.6 Å². The number of hydrogen-bond acceptors (Lipinski definition) is 2. The van der Waals surface area contributed by atoms with Crippen LogP contribution in [0.4, 0.5) is 0 Å². The number of rotatable bonds is 2. The molecular formula is C20H28O2. The average Bonchev–Trinajstić information content (AvgIpc) is 2.82. The van der Waals surface area contributed by atoms with Gasteiger partial charge in [-0.3, -0.25) is 0 Å². The monoisotopic (exact) mass is 300 g/mol. The van der Waals surface area contributed by atoms with Crippen molar-refractivity contribution in [2.45, 2.75) is 52.9 Å². The first-order valence-corrected chi connectivity index (χ1v) is 8.58. The number of cyclic esters (lactones) is 1. The summed E-state index contributed by atoms with van der Waals surface area (Å²) in [5.41, 5.74) is 2.72. The highest BCUT2D eigenvalue weighted by Crippen LogP contribution is 2.61. The van der Waals surface area contributed by atoms with E-state index in [2.05, 4.69) is 33.4 Å². The fraction of sp³-hybridized carbons (Fsp3) is 0.650. The molecule has 0 bridgehead atoms. The molecule has 0 radical (unpaired) electrons. The first-order chi connectivity index (χ1) is 10.3. The Labute approximate surface area is 134 Å². The van der Waals surface area contributed by atoms with Crippen LogP contribution < -0.4 is 0 Å². The van der Waals surface area contributed by atoms with E-state index in [4.69, 9.17) is 4.74 Å². The summed E-state index contributed by atoms with van der Waals surface area (Å²) in [4.78, 5) is 11.6. The van der Waals surface area contributed by atoms with Crippen molar-refractivity contribution in [3.63, 3.8) is 0 Å². The van der Waals surface area contributed by atoms with Gasteiger partial charge in [-0.05, 0) is 48.5 Å². The first kappa shape index (κ1) is 15.6. The average molecular weight is 300 g/mol. The normalized spacial score (nSPS) is 37.9. The molecule has 120 valence electrons. The fourth-order valence-electron chi connectivity index (χ4n) is 5.28. The number of hydrogen-bond donors (Lipinski definition) is 0. The SMILES string of the molecule is C=C1CC[C@H]2C(C)(C)CCC[C@]2(C)[C@H]1/C=C/C1=CCOC1=O. The number of allylic oxidation sites excluding steroid dienone is 2. The third kappa shape index (κ3) is 2.47. The first-order valence-electron chi connectivity index (χ1n) is 8.58. The zero-order chi connectivity index (χ0) is 16.0. The maximum absolute atomic E-state index is 11.6. The lowest BCUT2D eigenvalue weighted by Crippen LogP contribution is -2.48. The molecule has 22 heavy (non-hydrogen) atoms. The molecule has 0 amide bonds. The summed E-state index contributed by atoms with van der Waals surface area (Å²) in [7, 11) is 0. The Morgan fingerprint density at radius 3 is 2.77 bits per heavy atom. The topological polar surface area (TPSA) is 26.3 Å². The Hall–Kier alpha value is -1.31. The van der Waals surface area contributed by atoms with Gasteiger partial charge >= 0.3 is 5.97 Å². The summed E-state index contributed by atoms with van der Waals surface area (Å²) in [6, 6.07) is 0. The summed E-state index contributed by atoms with van der Waals surface area (Å²) >= 11 is 0. The molecule has 2 fully saturated rings. The second-order valence-electron chi connectivity index (χ2n) is 8.19. The van der Waals surface area contributed by atoms with Gasteiger partial charge in [-0.1, -0.05) is 51.5 Å². The predicted octanol–water partition coefficient (Wildman–Crippen LogP) is 4.82. The van der Waals surface area contributed by atoms with Crippen LogP contribution in [0.3, 0.4) is 0 Å². The van der Waals surface area contributed by atoms with Crippen LogP contribution in [-0.2, 0) is 9.53 Å². The van der Waals surface area contributed by atoms with Crippen LogP contribution in [0, 0.1) is 22.7 Å². The second-order valence-corrected chi connectivity index (χ2v) is 8.19. The summed E-state index contributed by atoms with van der Waals surface area (Å²) in [6.45, 7) is 12.1. The third-order valence-corrected chi connectivity index (χ3v) is 6.40. The molecule has 1 aliphatic heterocycles. The zero-order valence-electron chi connectivity index (χ0n) is 14.2. The second kappa shape index (κ2) is 5.40. The van der Waals surface area contributed by atoms with Gasteiger partial charge in [-0.25, -0.2) is 4.79 Å². The minimum Gasteiger partial charge on any atom is -0.458 e. The molecule has 0 spiro atoms. The Morgan fingerprint density at radius 2 is 2.09 bits per heavy atom. The maximum atomic E-state index is 11.6. The van der Waals surface area contributed by atoms with Crippen molar-refractivity contribution in [1.82, 2.24) is 0 Å². The van der Waals surface area contributed by atoms with Gasteiger partial charge in [-0.15, -0.1) is 0 Å². The van der Waals surface area contributed by atoms with E-state index in [0.717, 1.165) is 12.3 Å². The molecule has 0 N–H and O–H groups in total. The molecule has 0 saturated heterocycles. The molecule has 0 unspecified atom stereocenters. The zero-order valence-corrected chi connectivity index (χ0v) is 14.2. The van der Waals surface area contributed by atoms with Gasteiger partial charge in [0.15, 0.2) is 0 Å². The Morgan fingerprint density at radius 1 is 1.32 bits per heavy atom. The molecule has 2 heteroatoms. The van der Waals surface area contributed by atoms with Crippen molar-refractivity contribution in [1.29, 1.82) is 0 Å². The van der Waals surface area contributed by atoms with Gasteiger partial charge in [0.1, 0.15) is 6.61 Å². The molecule has 0 aromatic rings. The number of ether oxygens (including phenoxy) is 1. The quantitative estimate of drug-likeness (QED) is 0.539. The Kier molecular flexibility index (Phi) is 3.82. The van der Waals surface area contributed by atoms with Crippen LogP contribution in [0.2, 0.25) is 0 Å². The van der Waals surface area contributed by atoms with Crippen LogP contribution in [0.1, 0.15) is 52.9 Å². The molecule has 0 aromatic heterocycles. The van der Waals surface area contributed by atoms with Crippen LogP contribution in [0.5, 0.6) is 0 Å². The van der Waals surface area contributed by atoms with Gasteiger partial charge in [0.05, 0.1) is 5.57 Å². The summed E-state index contributed by atoms with van der Waals surface area (Å²) in [6.07, 6.45) is 12.3. The Balaban J connectivity index is 1.89. The van der Waals surface area contributed by atoms with Crippen molar-refractivity contribution < 1.29 is 9.53 Å². The molecule has 2 aliphatic carbocycles. The van der Waals surface area contributed by atoms with E-state index in [0.29, 0.717) is 23.5 Å². The number of carbonyl (C=O) groups is 1. The van der Waals surface area contributed by atoms with E-state index in [1.54, 1.807) is 0 Å². The van der Waals surface area contributed by atoms with Crippen molar-refractivity contribution in [2.75, 3.05) is 6.61 Å². The molecule has 3 aliphatic rings. The molecule has 2 nitrogen and oxygen atoms in total. The fourth-order valence-corrected chi connectivity index (χ4v) is 5.28. The standard InChI is InChI=1S/C20H28O2/c1-14-6-9-17-19(2,3)11-5-12-20(17,4)16(14)8-7-15-10-13-22-18(15)21/h7-8,10,16-17H,1,5-6,9,11-13H2,2-4H3/b8-7+/t16-,17-,20+/m0/s1. The lowest BCUT2D eigenvalue weighted by molar-refractivity contribution is -0.135. The van der Waals surface area contributed by atoms with Crippen LogP contribution >= 0.6 is 0 Å². The van der Waals surface area contributed by atoms with Gasteiger partial charge in [-0.2, -0.15) is 0 Å². The molecule has 1 heterocycles. The highest BCUT2D eigenvalue weighted by molar-refractivity contribution is 5.93. The molecule has 2 saturated carbocycles. The highest BCUT2D eigenvalue weighted by atomic mass is 16.5. The van der Waals surface area contributed by atoms with E-state index in [-0.39, 0.29) is 11.4 Å². The molecule has 3 atom stereocenters. The highest BCUT2D eigenvalue weighted by Gasteiger charge is 2.52. The van der Waals surface area contributed by atoms with Crippen LogP contribution in [0.25, 0.3) is 0 Å². The van der Waals surface area contributed by atoms with Crippen molar-refractivity contribution in [3.8, 4) is 0 Å². The van der Waals surface area contributed by atoms with E-state index >= 15 is 0 Å². The Bertz CT molecular complexity index is 552. The van der Waals surface area contributed by atoms with E-state index in [9.17, 15) is 4.79 Å². The van der Waals surface area contributed by atoms with Gasteiger partial charge < -0.3 is 4.74 Å².